The van der Waals surface area contributed by atoms with Crippen LogP contribution in [0.5, 0.6) is 0 Å². The van der Waals surface area contributed by atoms with E-state index >= 15 is 0 Å². The maximum absolute atomic E-state index is 9.50. The van der Waals surface area contributed by atoms with Crippen LogP contribution in [-0.2, 0) is 6.54 Å². The van der Waals surface area contributed by atoms with Gasteiger partial charge in [0.25, 0.3) is 0 Å². The van der Waals surface area contributed by atoms with E-state index in [9.17, 15) is 5.11 Å². The normalized spacial score (nSPS) is 24.9. The molecule has 2 atom stereocenters. The number of nitrogens with one attached hydrogen (secondary N) is 2. The van der Waals surface area contributed by atoms with Gasteiger partial charge in [0.15, 0.2) is 5.82 Å². The lowest BCUT2D eigenvalue weighted by Crippen LogP contribution is -2.19. The molecule has 2 rings (SSSR count). The van der Waals surface area contributed by atoms with Gasteiger partial charge >= 0.3 is 0 Å². The lowest BCUT2D eigenvalue weighted by Gasteiger charge is -2.12. The van der Waals surface area contributed by atoms with E-state index < -0.39 is 0 Å². The van der Waals surface area contributed by atoms with Gasteiger partial charge in [0.1, 0.15) is 0 Å². The topological polar surface area (TPSA) is 75.0 Å². The Morgan fingerprint density at radius 2 is 2.31 bits per heavy atom. The van der Waals surface area contributed by atoms with Gasteiger partial charge in [0.05, 0.1) is 12.1 Å². The number of nitrogens with zero attached hydrogens (tertiary/aromatic N) is 3. The zero-order valence-corrected chi connectivity index (χ0v) is 9.77. The van der Waals surface area contributed by atoms with Gasteiger partial charge in [-0.1, -0.05) is 0 Å². The van der Waals surface area contributed by atoms with Crippen molar-refractivity contribution in [3.63, 3.8) is 0 Å². The molecular formula is C10H19N5O. The summed E-state index contributed by atoms with van der Waals surface area (Å²) in [5, 5.41) is 24.3. The Bertz CT molecular complexity index is 351. The molecular weight excluding hydrogens is 206 g/mol. The first-order valence-corrected chi connectivity index (χ1v) is 5.84. The van der Waals surface area contributed by atoms with Crippen LogP contribution in [0.15, 0.2) is 0 Å². The summed E-state index contributed by atoms with van der Waals surface area (Å²) in [5.41, 5.74) is 0. The molecule has 2 heterocycles. The minimum atomic E-state index is -0.269. The maximum atomic E-state index is 9.50. The number of anilines is 1. The molecule has 1 aliphatic rings. The molecule has 90 valence electrons. The molecule has 0 radical (unpaired) electrons. The van der Waals surface area contributed by atoms with Crippen molar-refractivity contribution in [3.05, 3.63) is 5.82 Å². The van der Waals surface area contributed by atoms with E-state index in [1.165, 1.54) is 0 Å². The molecule has 1 saturated heterocycles. The first-order chi connectivity index (χ1) is 7.76. The Morgan fingerprint density at radius 3 is 2.88 bits per heavy atom. The highest BCUT2D eigenvalue weighted by Gasteiger charge is 2.28. The Morgan fingerprint density at radius 1 is 1.50 bits per heavy atom. The fourth-order valence-electron chi connectivity index (χ4n) is 2.09. The van der Waals surface area contributed by atoms with Gasteiger partial charge in [-0.3, -0.25) is 4.57 Å². The van der Waals surface area contributed by atoms with Gasteiger partial charge in [-0.25, -0.2) is 0 Å². The molecule has 0 spiro atoms. The van der Waals surface area contributed by atoms with Gasteiger partial charge in [0, 0.05) is 19.6 Å². The van der Waals surface area contributed by atoms with Crippen molar-refractivity contribution in [2.45, 2.75) is 39.0 Å². The Balaban J connectivity index is 2.20. The van der Waals surface area contributed by atoms with Crippen LogP contribution in [0.2, 0.25) is 0 Å². The molecule has 1 fully saturated rings. The first-order valence-electron chi connectivity index (χ1n) is 5.84. The molecule has 0 aliphatic carbocycles. The minimum Gasteiger partial charge on any atom is -0.392 e. The van der Waals surface area contributed by atoms with Crippen molar-refractivity contribution in [1.29, 1.82) is 0 Å². The average Bonchev–Trinajstić information content (AvgIpc) is 2.85. The maximum Gasteiger partial charge on any atom is 0.224 e. The summed E-state index contributed by atoms with van der Waals surface area (Å²) in [4.78, 5) is 0. The molecule has 0 amide bonds. The van der Waals surface area contributed by atoms with Crippen LogP contribution in [0.4, 0.5) is 5.95 Å². The molecule has 0 saturated carbocycles. The van der Waals surface area contributed by atoms with E-state index in [0.29, 0.717) is 13.0 Å². The van der Waals surface area contributed by atoms with E-state index in [1.54, 1.807) is 0 Å². The molecule has 0 aromatic carbocycles. The zero-order valence-electron chi connectivity index (χ0n) is 9.77. The average molecular weight is 225 g/mol. The smallest absolute Gasteiger partial charge is 0.224 e. The highest BCUT2D eigenvalue weighted by atomic mass is 16.3. The summed E-state index contributed by atoms with van der Waals surface area (Å²) in [5.74, 6) is 1.72. The van der Waals surface area contributed by atoms with Gasteiger partial charge in [-0.15, -0.1) is 10.2 Å². The summed E-state index contributed by atoms with van der Waals surface area (Å²) in [7, 11) is 0. The van der Waals surface area contributed by atoms with Crippen molar-refractivity contribution in [2.24, 2.45) is 0 Å². The SMILES string of the molecule is CCNc1nnc([C@@H]2CC(O)CN2)n1CC. The van der Waals surface area contributed by atoms with Crippen LogP contribution in [-0.4, -0.2) is 39.1 Å². The van der Waals surface area contributed by atoms with Gasteiger partial charge in [-0.05, 0) is 20.3 Å². The molecule has 6 heteroatoms. The molecule has 1 aromatic heterocycles. The molecule has 6 nitrogen and oxygen atoms in total. The molecule has 1 unspecified atom stereocenters. The van der Waals surface area contributed by atoms with Crippen molar-refractivity contribution >= 4 is 5.95 Å². The Kier molecular flexibility index (Phi) is 3.40. The first kappa shape index (κ1) is 11.3. The fourth-order valence-corrected chi connectivity index (χ4v) is 2.09. The number of aliphatic hydroxyl groups is 1. The van der Waals surface area contributed by atoms with Crippen LogP contribution in [0, 0.1) is 0 Å². The van der Waals surface area contributed by atoms with Crippen molar-refractivity contribution < 1.29 is 5.11 Å². The van der Waals surface area contributed by atoms with Crippen molar-refractivity contribution in [2.75, 3.05) is 18.4 Å². The number of hydrogen-bond acceptors (Lipinski definition) is 5. The van der Waals surface area contributed by atoms with Gasteiger partial charge in [0.2, 0.25) is 5.95 Å². The third-order valence-electron chi connectivity index (χ3n) is 2.85. The summed E-state index contributed by atoms with van der Waals surface area (Å²) in [6, 6.07) is 0.120. The fraction of sp³-hybridized carbons (Fsp3) is 0.800. The largest absolute Gasteiger partial charge is 0.392 e. The molecule has 3 N–H and O–H groups in total. The number of β-amino-alcohol motifs (C(OH)–C–C–N with tert-alkyl or cyclic N) is 1. The summed E-state index contributed by atoms with van der Waals surface area (Å²) in [6.07, 6.45) is 0.444. The summed E-state index contributed by atoms with van der Waals surface area (Å²) in [6.45, 7) is 6.40. The monoisotopic (exact) mass is 225 g/mol. The standard InChI is InChI=1S/C10H19N5O/c1-3-11-10-14-13-9(15(10)4-2)8-5-7(16)6-12-8/h7-8,12,16H,3-6H2,1-2H3,(H,11,14)/t7?,8-/m0/s1. The molecule has 1 aliphatic heterocycles. The predicted octanol–water partition coefficient (Wildman–Crippen LogP) is 0.125. The van der Waals surface area contributed by atoms with Gasteiger partial charge < -0.3 is 15.7 Å². The molecule has 0 bridgehead atoms. The highest BCUT2D eigenvalue weighted by molar-refractivity contribution is 5.26. The lowest BCUT2D eigenvalue weighted by molar-refractivity contribution is 0.192. The van der Waals surface area contributed by atoms with E-state index in [0.717, 1.165) is 24.9 Å². The third kappa shape index (κ3) is 2.03. The van der Waals surface area contributed by atoms with Crippen molar-refractivity contribution in [1.82, 2.24) is 20.1 Å². The molecule has 16 heavy (non-hydrogen) atoms. The number of aliphatic hydroxyl groups excluding tert-OH is 1. The Labute approximate surface area is 95.1 Å². The van der Waals surface area contributed by atoms with E-state index in [4.69, 9.17) is 0 Å². The van der Waals surface area contributed by atoms with Crippen LogP contribution in [0.1, 0.15) is 32.1 Å². The van der Waals surface area contributed by atoms with Crippen LogP contribution < -0.4 is 10.6 Å². The van der Waals surface area contributed by atoms with E-state index in [1.807, 2.05) is 6.92 Å². The Hall–Kier alpha value is -1.14. The van der Waals surface area contributed by atoms with E-state index in [-0.39, 0.29) is 12.1 Å². The summed E-state index contributed by atoms with van der Waals surface area (Å²) >= 11 is 0. The van der Waals surface area contributed by atoms with Crippen LogP contribution in [0.3, 0.4) is 0 Å². The predicted molar refractivity (Wildman–Crippen MR) is 61.2 cm³/mol. The van der Waals surface area contributed by atoms with Crippen LogP contribution in [0.25, 0.3) is 0 Å². The summed E-state index contributed by atoms with van der Waals surface area (Å²) < 4.78 is 2.05. The highest BCUT2D eigenvalue weighted by Crippen LogP contribution is 2.23. The molecule has 1 aromatic rings. The van der Waals surface area contributed by atoms with Gasteiger partial charge in [-0.2, -0.15) is 0 Å². The third-order valence-corrected chi connectivity index (χ3v) is 2.85. The second-order valence-corrected chi connectivity index (χ2v) is 4.01. The quantitative estimate of drug-likeness (QED) is 0.679. The second-order valence-electron chi connectivity index (χ2n) is 4.01. The number of rotatable bonds is 4. The minimum absolute atomic E-state index is 0.120. The zero-order chi connectivity index (χ0) is 11.5. The lowest BCUT2D eigenvalue weighted by atomic mass is 10.2. The van der Waals surface area contributed by atoms with E-state index in [2.05, 4.69) is 32.3 Å². The van der Waals surface area contributed by atoms with Crippen molar-refractivity contribution in [3.8, 4) is 0 Å². The number of hydrogen-bond donors (Lipinski definition) is 3. The van der Waals surface area contributed by atoms with Crippen LogP contribution >= 0.6 is 0 Å². The second kappa shape index (κ2) is 4.80. The number of aromatic nitrogens is 3.